The molecule has 4 amide bonds. The number of carboxylic acid groups (broad SMARTS) is 1. The maximum atomic E-state index is 14.4. The van der Waals surface area contributed by atoms with Crippen LogP contribution in [0, 0.1) is 0 Å². The molecular weight excluding hydrogens is 769 g/mol. The van der Waals surface area contributed by atoms with Gasteiger partial charge in [0.05, 0.1) is 6.33 Å². The number of esters is 1. The highest BCUT2D eigenvalue weighted by molar-refractivity contribution is 5.96. The van der Waals surface area contributed by atoms with Gasteiger partial charge in [0.15, 0.2) is 0 Å². The lowest BCUT2D eigenvalue weighted by Gasteiger charge is -2.39. The molecule has 0 bridgehead atoms. The van der Waals surface area contributed by atoms with Gasteiger partial charge in [-0.15, -0.1) is 0 Å². The third-order valence-corrected chi connectivity index (χ3v) is 9.17. The van der Waals surface area contributed by atoms with Gasteiger partial charge in [-0.25, -0.2) is 9.78 Å². The molecule has 1 aromatic heterocycles. The maximum absolute atomic E-state index is 14.4. The second-order valence-corrected chi connectivity index (χ2v) is 16.8. The first-order valence-corrected chi connectivity index (χ1v) is 19.6. The van der Waals surface area contributed by atoms with Crippen molar-refractivity contribution in [3.8, 4) is 0 Å². The van der Waals surface area contributed by atoms with E-state index in [0.717, 1.165) is 16.7 Å². The molecule has 1 heterocycles. The van der Waals surface area contributed by atoms with E-state index < -0.39 is 76.7 Å². The molecule has 1 unspecified atom stereocenters. The monoisotopic (exact) mass is 824 g/mol. The summed E-state index contributed by atoms with van der Waals surface area (Å²) in [6.45, 7) is 12.2. The molecule has 15 heteroatoms. The first-order chi connectivity index (χ1) is 28.1. The van der Waals surface area contributed by atoms with E-state index in [4.69, 9.17) is 14.6 Å². The Bertz CT molecular complexity index is 2010. The van der Waals surface area contributed by atoms with Gasteiger partial charge in [0.25, 0.3) is 0 Å². The molecule has 0 aliphatic heterocycles. The molecule has 0 fully saturated rings. The Morgan fingerprint density at radius 1 is 0.683 bits per heavy atom. The lowest BCUT2D eigenvalue weighted by Crippen LogP contribution is -2.62. The van der Waals surface area contributed by atoms with Gasteiger partial charge >= 0.3 is 18.0 Å². The van der Waals surface area contributed by atoms with Crippen molar-refractivity contribution in [3.05, 3.63) is 126 Å². The molecule has 3 aromatic carbocycles. The van der Waals surface area contributed by atoms with Gasteiger partial charge < -0.3 is 40.4 Å². The summed E-state index contributed by atoms with van der Waals surface area (Å²) in [5, 5.41) is 19.3. The SMILES string of the molecule is CC(C)(C)OC(=O)CC[C@H](NC(=O)C(C)(C)NC(=O)C(Cc1cncn1C(c1ccccc1)(c1ccccc1)c1ccccc1)NC(=O)OC(C)(C)C)C(=O)NCC(=O)O. The Labute approximate surface area is 350 Å². The number of aromatic nitrogens is 2. The van der Waals surface area contributed by atoms with Crippen molar-refractivity contribution in [2.45, 2.75) is 109 Å². The number of imidazole rings is 1. The number of benzene rings is 3. The fourth-order valence-corrected chi connectivity index (χ4v) is 6.60. The standard InChI is InChI=1S/C45H56N6O9/c1-42(2,3)59-37(54)25-24-34(38(55)47-28-36(52)53)48-40(57)44(7,8)50-39(56)35(49-41(58)60-43(4,5)6)26-33-27-46-29-51(33)45(30-18-12-9-13-19-30,31-20-14-10-15-21-31)32-22-16-11-17-23-32/h9-23,27,29,34-35H,24-26,28H2,1-8H3,(H,47,55)(H,48,57)(H,49,58)(H,50,56)(H,52,53)/t34-,35?/m0/s1. The largest absolute Gasteiger partial charge is 0.480 e. The van der Waals surface area contributed by atoms with Crippen LogP contribution in [0.1, 0.15) is 90.6 Å². The average Bonchev–Trinajstić information content (AvgIpc) is 3.63. The zero-order valence-corrected chi connectivity index (χ0v) is 35.4. The van der Waals surface area contributed by atoms with E-state index in [-0.39, 0.29) is 19.3 Å². The van der Waals surface area contributed by atoms with E-state index in [9.17, 15) is 28.8 Å². The Morgan fingerprint density at radius 3 is 1.65 bits per heavy atom. The molecule has 60 heavy (non-hydrogen) atoms. The lowest BCUT2D eigenvalue weighted by atomic mass is 9.76. The first kappa shape index (κ1) is 46.2. The van der Waals surface area contributed by atoms with Crippen LogP contribution in [-0.4, -0.2) is 85.8 Å². The van der Waals surface area contributed by atoms with Crippen LogP contribution in [0.25, 0.3) is 0 Å². The highest BCUT2D eigenvalue weighted by Crippen LogP contribution is 2.41. The lowest BCUT2D eigenvalue weighted by molar-refractivity contribution is -0.155. The second kappa shape index (κ2) is 19.5. The average molecular weight is 825 g/mol. The second-order valence-electron chi connectivity index (χ2n) is 16.8. The van der Waals surface area contributed by atoms with Crippen LogP contribution in [-0.2, 0) is 45.4 Å². The molecular formula is C45H56N6O9. The van der Waals surface area contributed by atoms with Crippen LogP contribution in [0.4, 0.5) is 4.79 Å². The number of carbonyl (C=O) groups excluding carboxylic acids is 5. The summed E-state index contributed by atoms with van der Waals surface area (Å²) in [6, 6.07) is 26.8. The minimum atomic E-state index is -1.72. The molecule has 15 nitrogen and oxygen atoms in total. The van der Waals surface area contributed by atoms with Crippen LogP contribution in [0.2, 0.25) is 0 Å². The minimum absolute atomic E-state index is 0.118. The molecule has 0 spiro atoms. The van der Waals surface area contributed by atoms with E-state index >= 15 is 0 Å². The minimum Gasteiger partial charge on any atom is -0.480 e. The van der Waals surface area contributed by atoms with Crippen LogP contribution in [0.5, 0.6) is 0 Å². The summed E-state index contributed by atoms with van der Waals surface area (Å²) in [7, 11) is 0. The van der Waals surface area contributed by atoms with Crippen molar-refractivity contribution in [1.82, 2.24) is 30.8 Å². The van der Waals surface area contributed by atoms with E-state index in [2.05, 4.69) is 26.3 Å². The number of carboxylic acids is 1. The third kappa shape index (κ3) is 12.5. The molecule has 0 aliphatic carbocycles. The Hall–Kier alpha value is -6.51. The van der Waals surface area contributed by atoms with Gasteiger partial charge in [-0.05, 0) is 78.5 Å². The summed E-state index contributed by atoms with van der Waals surface area (Å²) >= 11 is 0. The fraction of sp³-hybridized carbons (Fsp3) is 0.400. The van der Waals surface area contributed by atoms with E-state index in [0.29, 0.717) is 5.69 Å². The normalized spacial score (nSPS) is 12.9. The van der Waals surface area contributed by atoms with E-state index in [1.165, 1.54) is 13.8 Å². The van der Waals surface area contributed by atoms with Crippen LogP contribution in [0.15, 0.2) is 104 Å². The summed E-state index contributed by atoms with van der Waals surface area (Å²) < 4.78 is 12.9. The topological polar surface area (TPSA) is 207 Å². The van der Waals surface area contributed by atoms with Gasteiger partial charge in [-0.1, -0.05) is 91.0 Å². The quantitative estimate of drug-likeness (QED) is 0.0722. The van der Waals surface area contributed by atoms with Gasteiger partial charge in [-0.3, -0.25) is 24.0 Å². The highest BCUT2D eigenvalue weighted by Gasteiger charge is 2.41. The molecule has 4 rings (SSSR count). The van der Waals surface area contributed by atoms with E-state index in [1.807, 2.05) is 95.6 Å². The Balaban J connectivity index is 1.72. The number of carbonyl (C=O) groups is 6. The zero-order valence-electron chi connectivity index (χ0n) is 35.4. The van der Waals surface area contributed by atoms with Crippen molar-refractivity contribution in [3.63, 3.8) is 0 Å². The van der Waals surface area contributed by atoms with Crippen LogP contribution >= 0.6 is 0 Å². The zero-order chi connectivity index (χ0) is 44.3. The summed E-state index contributed by atoms with van der Waals surface area (Å²) in [6.07, 6.45) is 1.79. The highest BCUT2D eigenvalue weighted by atomic mass is 16.6. The number of rotatable bonds is 17. The summed E-state index contributed by atoms with van der Waals surface area (Å²) in [5.41, 5.74) is -1.20. The molecule has 0 radical (unpaired) electrons. The number of aliphatic carboxylic acids is 1. The number of nitrogens with zero attached hydrogens (tertiary/aromatic N) is 2. The fourth-order valence-electron chi connectivity index (χ4n) is 6.60. The number of hydrogen-bond acceptors (Lipinski definition) is 9. The first-order valence-electron chi connectivity index (χ1n) is 19.6. The van der Waals surface area contributed by atoms with Crippen molar-refractivity contribution in [2.75, 3.05) is 6.54 Å². The summed E-state index contributed by atoms with van der Waals surface area (Å²) in [4.78, 5) is 83.0. The van der Waals surface area contributed by atoms with E-state index in [1.54, 1.807) is 54.1 Å². The number of alkyl carbamates (subject to hydrolysis) is 1. The molecule has 0 saturated carbocycles. The predicted molar refractivity (Wildman–Crippen MR) is 224 cm³/mol. The Kier molecular flexibility index (Phi) is 15.0. The van der Waals surface area contributed by atoms with Crippen LogP contribution in [0.3, 0.4) is 0 Å². The van der Waals surface area contributed by atoms with Gasteiger partial charge in [0.1, 0.15) is 40.9 Å². The smallest absolute Gasteiger partial charge is 0.408 e. The van der Waals surface area contributed by atoms with Gasteiger partial charge in [-0.2, -0.15) is 0 Å². The molecule has 0 saturated heterocycles. The maximum Gasteiger partial charge on any atom is 0.408 e. The van der Waals surface area contributed by atoms with Crippen LogP contribution < -0.4 is 21.3 Å². The molecule has 2 atom stereocenters. The molecule has 4 aromatic rings. The van der Waals surface area contributed by atoms with Gasteiger partial charge in [0, 0.05) is 24.7 Å². The van der Waals surface area contributed by atoms with Crippen molar-refractivity contribution >= 4 is 35.8 Å². The molecule has 0 aliphatic rings. The third-order valence-electron chi connectivity index (χ3n) is 9.17. The number of amides is 4. The molecule has 320 valence electrons. The molecule has 5 N–H and O–H groups in total. The number of hydrogen-bond donors (Lipinski definition) is 5. The van der Waals surface area contributed by atoms with Crippen molar-refractivity contribution in [2.24, 2.45) is 0 Å². The Morgan fingerprint density at radius 2 is 1.18 bits per heavy atom. The van der Waals surface area contributed by atoms with Crippen molar-refractivity contribution in [1.29, 1.82) is 0 Å². The van der Waals surface area contributed by atoms with Crippen molar-refractivity contribution < 1.29 is 43.3 Å². The summed E-state index contributed by atoms with van der Waals surface area (Å²) in [5.74, 6) is -4.39. The predicted octanol–water partition coefficient (Wildman–Crippen LogP) is 4.86. The van der Waals surface area contributed by atoms with Gasteiger partial charge in [0.2, 0.25) is 17.7 Å². The number of ether oxygens (including phenoxy) is 2. The number of nitrogens with one attached hydrogen (secondary N) is 4.